The third-order valence-electron chi connectivity index (χ3n) is 2.75. The standard InChI is InChI=1S/C12H11Cl2NO/c13-10-2-1-9(7-11(10)14)12(4-6-16)3-5-15-8-12/h1-3,5,7-8,16H,4,6H2/t12-/m1/s1. The van der Waals surface area contributed by atoms with Crippen LogP contribution in [0.1, 0.15) is 12.0 Å². The molecule has 1 aliphatic rings. The number of hydrogen-bond acceptors (Lipinski definition) is 2. The van der Waals surface area contributed by atoms with Crippen molar-refractivity contribution in [3.63, 3.8) is 0 Å². The molecule has 1 heterocycles. The first kappa shape index (κ1) is 11.6. The lowest BCUT2D eigenvalue weighted by molar-refractivity contribution is 0.275. The van der Waals surface area contributed by atoms with Gasteiger partial charge in [0.25, 0.3) is 0 Å². The van der Waals surface area contributed by atoms with Gasteiger partial charge in [-0.2, -0.15) is 0 Å². The lowest BCUT2D eigenvalue weighted by atomic mass is 9.80. The molecule has 0 bridgehead atoms. The van der Waals surface area contributed by atoms with Crippen molar-refractivity contribution in [1.82, 2.24) is 0 Å². The first-order valence-corrected chi connectivity index (χ1v) is 5.72. The van der Waals surface area contributed by atoms with Gasteiger partial charge in [0.1, 0.15) is 0 Å². The smallest absolute Gasteiger partial charge is 0.0595 e. The molecule has 0 saturated heterocycles. The van der Waals surface area contributed by atoms with E-state index in [1.807, 2.05) is 24.4 Å². The Balaban J connectivity index is 2.44. The number of benzene rings is 1. The first-order valence-electron chi connectivity index (χ1n) is 4.96. The Hall–Kier alpha value is -0.830. The van der Waals surface area contributed by atoms with E-state index in [9.17, 15) is 0 Å². The van der Waals surface area contributed by atoms with Crippen LogP contribution in [0, 0.1) is 0 Å². The van der Waals surface area contributed by atoms with Crippen LogP contribution in [0.5, 0.6) is 0 Å². The van der Waals surface area contributed by atoms with Gasteiger partial charge in [-0.05, 0) is 24.1 Å². The summed E-state index contributed by atoms with van der Waals surface area (Å²) in [4.78, 5) is 4.09. The van der Waals surface area contributed by atoms with Crippen LogP contribution < -0.4 is 0 Å². The Kier molecular flexibility index (Phi) is 3.33. The first-order chi connectivity index (χ1) is 7.68. The van der Waals surface area contributed by atoms with E-state index in [0.717, 1.165) is 5.56 Å². The summed E-state index contributed by atoms with van der Waals surface area (Å²) in [7, 11) is 0. The van der Waals surface area contributed by atoms with Crippen LogP contribution in [0.15, 0.2) is 35.5 Å². The predicted molar refractivity (Wildman–Crippen MR) is 67.5 cm³/mol. The second-order valence-corrected chi connectivity index (χ2v) is 4.55. The number of aliphatic imine (C=N–C) groups is 1. The minimum Gasteiger partial charge on any atom is -0.396 e. The molecule has 0 radical (unpaired) electrons. The third kappa shape index (κ3) is 2.01. The van der Waals surface area contributed by atoms with E-state index in [1.54, 1.807) is 12.3 Å². The van der Waals surface area contributed by atoms with Crippen molar-refractivity contribution in [3.8, 4) is 0 Å². The molecule has 84 valence electrons. The SMILES string of the molecule is OCC[C@]1(c2ccc(Cl)c(Cl)c2)C=CN=C1. The summed E-state index contributed by atoms with van der Waals surface area (Å²) in [5.74, 6) is 0. The lowest BCUT2D eigenvalue weighted by Gasteiger charge is -2.24. The van der Waals surface area contributed by atoms with E-state index in [1.165, 1.54) is 0 Å². The number of allylic oxidation sites excluding steroid dienone is 1. The number of aliphatic hydroxyl groups excluding tert-OH is 1. The van der Waals surface area contributed by atoms with E-state index in [0.29, 0.717) is 16.5 Å². The largest absolute Gasteiger partial charge is 0.396 e. The number of nitrogens with zero attached hydrogens (tertiary/aromatic N) is 1. The summed E-state index contributed by atoms with van der Waals surface area (Å²) in [5, 5.41) is 10.2. The second kappa shape index (κ2) is 4.58. The molecule has 0 aliphatic carbocycles. The third-order valence-corrected chi connectivity index (χ3v) is 3.48. The van der Waals surface area contributed by atoms with Crippen molar-refractivity contribution in [2.75, 3.05) is 6.61 Å². The average molecular weight is 256 g/mol. The zero-order chi connectivity index (χ0) is 11.6. The number of halogens is 2. The van der Waals surface area contributed by atoms with Gasteiger partial charge in [0.2, 0.25) is 0 Å². The molecular formula is C12H11Cl2NO. The van der Waals surface area contributed by atoms with Gasteiger partial charge in [-0.25, -0.2) is 0 Å². The molecule has 1 N–H and O–H groups in total. The molecule has 4 heteroatoms. The molecule has 2 nitrogen and oxygen atoms in total. The summed E-state index contributed by atoms with van der Waals surface area (Å²) >= 11 is 11.9. The summed E-state index contributed by atoms with van der Waals surface area (Å²) in [6.45, 7) is 0.0939. The van der Waals surface area contributed by atoms with Gasteiger partial charge in [0.05, 0.1) is 15.5 Å². The van der Waals surface area contributed by atoms with E-state index < -0.39 is 0 Å². The Morgan fingerprint density at radius 2 is 2.06 bits per heavy atom. The highest BCUT2D eigenvalue weighted by Crippen LogP contribution is 2.34. The molecule has 0 saturated carbocycles. The molecule has 0 fully saturated rings. The minimum atomic E-state index is -0.344. The maximum Gasteiger partial charge on any atom is 0.0595 e. The zero-order valence-corrected chi connectivity index (χ0v) is 10.0. The molecule has 0 aromatic heterocycles. The zero-order valence-electron chi connectivity index (χ0n) is 8.53. The van der Waals surface area contributed by atoms with Gasteiger partial charge in [0, 0.05) is 19.0 Å². The van der Waals surface area contributed by atoms with Gasteiger partial charge in [-0.1, -0.05) is 35.3 Å². The molecular weight excluding hydrogens is 245 g/mol. The molecule has 2 rings (SSSR count). The summed E-state index contributed by atoms with van der Waals surface area (Å²) in [6.07, 6.45) is 6.11. The average Bonchev–Trinajstić information content (AvgIpc) is 2.72. The van der Waals surface area contributed by atoms with Crippen LogP contribution in [0.3, 0.4) is 0 Å². The summed E-state index contributed by atoms with van der Waals surface area (Å²) < 4.78 is 0. The number of rotatable bonds is 3. The fraction of sp³-hybridized carbons (Fsp3) is 0.250. The minimum absolute atomic E-state index is 0.0939. The van der Waals surface area contributed by atoms with Crippen LogP contribution >= 0.6 is 23.2 Å². The number of aliphatic hydroxyl groups is 1. The highest BCUT2D eigenvalue weighted by Gasteiger charge is 2.29. The van der Waals surface area contributed by atoms with Gasteiger partial charge >= 0.3 is 0 Å². The van der Waals surface area contributed by atoms with Gasteiger partial charge in [0.15, 0.2) is 0 Å². The van der Waals surface area contributed by atoms with E-state index >= 15 is 0 Å². The Morgan fingerprint density at radius 3 is 2.62 bits per heavy atom. The summed E-state index contributed by atoms with van der Waals surface area (Å²) in [5.41, 5.74) is 0.650. The Bertz CT molecular complexity index is 442. The van der Waals surface area contributed by atoms with Crippen molar-refractivity contribution in [3.05, 3.63) is 46.1 Å². The monoisotopic (exact) mass is 255 g/mol. The lowest BCUT2D eigenvalue weighted by Crippen LogP contribution is -2.25. The fourth-order valence-electron chi connectivity index (χ4n) is 1.83. The summed E-state index contributed by atoms with van der Waals surface area (Å²) in [6, 6.07) is 5.49. The van der Waals surface area contributed by atoms with Gasteiger partial charge < -0.3 is 5.11 Å². The van der Waals surface area contributed by atoms with E-state index in [4.69, 9.17) is 28.3 Å². The van der Waals surface area contributed by atoms with E-state index in [2.05, 4.69) is 4.99 Å². The van der Waals surface area contributed by atoms with Gasteiger partial charge in [-0.15, -0.1) is 0 Å². The maximum atomic E-state index is 9.12. The van der Waals surface area contributed by atoms with Crippen LogP contribution in [-0.4, -0.2) is 17.9 Å². The fourth-order valence-corrected chi connectivity index (χ4v) is 2.13. The maximum absolute atomic E-state index is 9.12. The quantitative estimate of drug-likeness (QED) is 0.884. The molecule has 1 atom stereocenters. The highest BCUT2D eigenvalue weighted by atomic mass is 35.5. The van der Waals surface area contributed by atoms with Crippen molar-refractivity contribution < 1.29 is 5.11 Å². The second-order valence-electron chi connectivity index (χ2n) is 3.74. The van der Waals surface area contributed by atoms with Crippen molar-refractivity contribution >= 4 is 29.4 Å². The molecule has 0 unspecified atom stereocenters. The Morgan fingerprint density at radius 1 is 1.25 bits per heavy atom. The van der Waals surface area contributed by atoms with Crippen molar-refractivity contribution in [2.24, 2.45) is 4.99 Å². The molecule has 1 aromatic carbocycles. The van der Waals surface area contributed by atoms with E-state index in [-0.39, 0.29) is 12.0 Å². The predicted octanol–water partition coefficient (Wildman–Crippen LogP) is 3.21. The highest BCUT2D eigenvalue weighted by molar-refractivity contribution is 6.42. The molecule has 1 aliphatic heterocycles. The van der Waals surface area contributed by atoms with Crippen molar-refractivity contribution in [2.45, 2.75) is 11.8 Å². The normalized spacial score (nSPS) is 22.9. The molecule has 1 aromatic rings. The van der Waals surface area contributed by atoms with Crippen molar-refractivity contribution in [1.29, 1.82) is 0 Å². The van der Waals surface area contributed by atoms with Crippen LogP contribution in [0.2, 0.25) is 10.0 Å². The molecule has 16 heavy (non-hydrogen) atoms. The van der Waals surface area contributed by atoms with Gasteiger partial charge in [-0.3, -0.25) is 4.99 Å². The molecule has 0 amide bonds. The Labute approximate surface area is 104 Å². The molecule has 0 spiro atoms. The number of hydrogen-bond donors (Lipinski definition) is 1. The van der Waals surface area contributed by atoms with Crippen LogP contribution in [0.25, 0.3) is 0 Å². The van der Waals surface area contributed by atoms with Crippen LogP contribution in [0.4, 0.5) is 0 Å². The van der Waals surface area contributed by atoms with Crippen LogP contribution in [-0.2, 0) is 5.41 Å². The topological polar surface area (TPSA) is 32.6 Å².